The molecule has 0 aliphatic rings. The van der Waals surface area contributed by atoms with Crippen LogP contribution in [0.5, 0.6) is 0 Å². The number of rotatable bonds is 10. The van der Waals surface area contributed by atoms with E-state index < -0.39 is 35.5 Å². The van der Waals surface area contributed by atoms with Gasteiger partial charge in [-0.1, -0.05) is 6.07 Å². The van der Waals surface area contributed by atoms with Gasteiger partial charge in [0.2, 0.25) is 5.91 Å². The van der Waals surface area contributed by atoms with Gasteiger partial charge in [0.05, 0.1) is 6.54 Å². The molecule has 9 nitrogen and oxygen atoms in total. The molecule has 0 saturated carbocycles. The van der Waals surface area contributed by atoms with E-state index in [1.807, 2.05) is 6.07 Å². The van der Waals surface area contributed by atoms with Crippen molar-refractivity contribution in [2.24, 2.45) is 0 Å². The van der Waals surface area contributed by atoms with Crippen LogP contribution < -0.4 is 16.0 Å². The van der Waals surface area contributed by atoms with Crippen LogP contribution in [0.2, 0.25) is 0 Å². The highest BCUT2D eigenvalue weighted by atomic mass is 127. The molecule has 0 fully saturated rings. The van der Waals surface area contributed by atoms with Crippen molar-refractivity contribution in [1.82, 2.24) is 16.0 Å². The summed E-state index contributed by atoms with van der Waals surface area (Å²) >= 11 is 2.08. The Kier molecular flexibility index (Phi) is 10.6. The first kappa shape index (κ1) is 25.7. The fourth-order valence-corrected chi connectivity index (χ4v) is 2.92. The summed E-state index contributed by atoms with van der Waals surface area (Å²) in [6, 6.07) is 5.80. The van der Waals surface area contributed by atoms with E-state index in [1.165, 1.54) is 0 Å². The number of hydrogen-bond acceptors (Lipinski definition) is 5. The maximum Gasteiger partial charge on any atom is 0.407 e. The molecule has 0 saturated heterocycles. The van der Waals surface area contributed by atoms with E-state index in [1.54, 1.807) is 39.0 Å². The molecule has 0 heterocycles. The third kappa shape index (κ3) is 11.0. The molecule has 0 unspecified atom stereocenters. The minimum atomic E-state index is -1.16. The zero-order chi connectivity index (χ0) is 22.7. The molecule has 10 heteroatoms. The number of ether oxygens (including phenoxy) is 1. The number of carbonyl (C=O) groups is 4. The van der Waals surface area contributed by atoms with Gasteiger partial charge in [-0.15, -0.1) is 0 Å². The number of halogens is 1. The summed E-state index contributed by atoms with van der Waals surface area (Å²) in [4.78, 5) is 47.0. The van der Waals surface area contributed by atoms with Gasteiger partial charge in [-0.05, 0) is 80.8 Å². The average Bonchev–Trinajstić information content (AvgIpc) is 2.63. The molecule has 166 valence electrons. The number of aliphatic carboxylic acids is 1. The van der Waals surface area contributed by atoms with E-state index in [9.17, 15) is 24.3 Å². The Labute approximate surface area is 189 Å². The molecule has 0 aromatic heterocycles. The zero-order valence-corrected chi connectivity index (χ0v) is 19.4. The smallest absolute Gasteiger partial charge is 0.407 e. The largest absolute Gasteiger partial charge is 0.480 e. The van der Waals surface area contributed by atoms with Crippen LogP contribution in [-0.2, 0) is 14.3 Å². The van der Waals surface area contributed by atoms with Crippen molar-refractivity contribution in [3.8, 4) is 0 Å². The van der Waals surface area contributed by atoms with Crippen LogP contribution in [0, 0.1) is 3.57 Å². The Morgan fingerprint density at radius 2 is 1.83 bits per heavy atom. The molecule has 1 atom stereocenters. The predicted molar refractivity (Wildman–Crippen MR) is 119 cm³/mol. The van der Waals surface area contributed by atoms with Crippen LogP contribution in [0.4, 0.5) is 4.79 Å². The second-order valence-corrected chi connectivity index (χ2v) is 8.82. The average molecular weight is 533 g/mol. The first-order valence-electron chi connectivity index (χ1n) is 9.50. The molecule has 4 N–H and O–H groups in total. The summed E-state index contributed by atoms with van der Waals surface area (Å²) in [5.41, 5.74) is -0.168. The number of unbranched alkanes of at least 4 members (excludes halogenated alkanes) is 1. The summed E-state index contributed by atoms with van der Waals surface area (Å²) in [7, 11) is 0. The number of carboxylic acids is 1. The Hall–Kier alpha value is -2.37. The molecule has 0 radical (unpaired) electrons. The molecular formula is C20H28IN3O6. The Bertz CT molecular complexity index is 763. The van der Waals surface area contributed by atoms with Gasteiger partial charge in [0.25, 0.3) is 5.91 Å². The molecule has 0 bridgehead atoms. The van der Waals surface area contributed by atoms with E-state index in [0.717, 1.165) is 3.57 Å². The number of nitrogens with one attached hydrogen (secondary N) is 3. The van der Waals surface area contributed by atoms with Crippen LogP contribution in [0.3, 0.4) is 0 Å². The second-order valence-electron chi connectivity index (χ2n) is 7.58. The summed E-state index contributed by atoms with van der Waals surface area (Å²) in [5, 5.41) is 16.7. The van der Waals surface area contributed by atoms with Crippen molar-refractivity contribution in [3.05, 3.63) is 33.4 Å². The van der Waals surface area contributed by atoms with Crippen molar-refractivity contribution in [2.45, 2.75) is 51.7 Å². The third-order valence-corrected chi connectivity index (χ3v) is 4.39. The van der Waals surface area contributed by atoms with Gasteiger partial charge in [0.15, 0.2) is 0 Å². The molecule has 0 aliphatic carbocycles. The third-order valence-electron chi connectivity index (χ3n) is 3.72. The first-order chi connectivity index (χ1) is 14.0. The van der Waals surface area contributed by atoms with E-state index in [4.69, 9.17) is 4.74 Å². The van der Waals surface area contributed by atoms with Gasteiger partial charge in [-0.25, -0.2) is 9.59 Å². The normalized spacial score (nSPS) is 11.9. The summed E-state index contributed by atoms with van der Waals surface area (Å²) in [5.74, 6) is -2.16. The molecule has 1 aromatic carbocycles. The van der Waals surface area contributed by atoms with Gasteiger partial charge < -0.3 is 25.8 Å². The summed E-state index contributed by atoms with van der Waals surface area (Å²) < 4.78 is 5.99. The summed E-state index contributed by atoms with van der Waals surface area (Å²) in [6.45, 7) is 5.29. The maximum absolute atomic E-state index is 12.1. The van der Waals surface area contributed by atoms with Crippen molar-refractivity contribution < 1.29 is 29.0 Å². The molecule has 1 aromatic rings. The van der Waals surface area contributed by atoms with E-state index in [0.29, 0.717) is 24.9 Å². The first-order valence-corrected chi connectivity index (χ1v) is 10.6. The maximum atomic E-state index is 12.1. The van der Waals surface area contributed by atoms with E-state index in [2.05, 4.69) is 38.5 Å². The van der Waals surface area contributed by atoms with Crippen molar-refractivity contribution >= 4 is 46.5 Å². The number of alkyl carbamates (subject to hydrolysis) is 1. The lowest BCUT2D eigenvalue weighted by Gasteiger charge is -2.19. The van der Waals surface area contributed by atoms with Crippen LogP contribution in [0.25, 0.3) is 0 Å². The van der Waals surface area contributed by atoms with Gasteiger partial charge >= 0.3 is 12.1 Å². The number of hydrogen-bond donors (Lipinski definition) is 4. The molecule has 0 aliphatic heterocycles. The number of carboxylic acid groups (broad SMARTS) is 1. The lowest BCUT2D eigenvalue weighted by molar-refractivity contribution is -0.141. The van der Waals surface area contributed by atoms with Crippen LogP contribution >= 0.6 is 22.6 Å². The van der Waals surface area contributed by atoms with Crippen molar-refractivity contribution in [2.75, 3.05) is 13.1 Å². The standard InChI is InChI=1S/C20H28IN3O6/c1-20(2,3)30-19(29)22-10-5-4-9-15(18(27)28)24-16(25)12-23-17(26)13-7-6-8-14(21)11-13/h6-8,11,15H,4-5,9-10,12H2,1-3H3,(H,22,29)(H,23,26)(H,24,25)(H,27,28)/t15-/m0/s1. The topological polar surface area (TPSA) is 134 Å². The summed E-state index contributed by atoms with van der Waals surface area (Å²) in [6.07, 6.45) is 0.667. The van der Waals surface area contributed by atoms with Gasteiger partial charge in [-0.2, -0.15) is 0 Å². The highest BCUT2D eigenvalue weighted by Gasteiger charge is 2.20. The van der Waals surface area contributed by atoms with Gasteiger partial charge in [-0.3, -0.25) is 9.59 Å². The molecular weight excluding hydrogens is 505 g/mol. The fraction of sp³-hybridized carbons (Fsp3) is 0.500. The highest BCUT2D eigenvalue weighted by Crippen LogP contribution is 2.08. The van der Waals surface area contributed by atoms with E-state index in [-0.39, 0.29) is 13.0 Å². The van der Waals surface area contributed by atoms with Crippen LogP contribution in [-0.4, -0.2) is 53.7 Å². The lowest BCUT2D eigenvalue weighted by atomic mass is 10.1. The molecule has 1 rings (SSSR count). The monoisotopic (exact) mass is 533 g/mol. The minimum Gasteiger partial charge on any atom is -0.480 e. The minimum absolute atomic E-state index is 0.196. The van der Waals surface area contributed by atoms with Crippen molar-refractivity contribution in [3.63, 3.8) is 0 Å². The number of benzene rings is 1. The van der Waals surface area contributed by atoms with Crippen LogP contribution in [0.15, 0.2) is 24.3 Å². The fourth-order valence-electron chi connectivity index (χ4n) is 2.37. The lowest BCUT2D eigenvalue weighted by Crippen LogP contribution is -2.45. The number of amides is 3. The molecule has 3 amide bonds. The quantitative estimate of drug-likeness (QED) is 0.270. The van der Waals surface area contributed by atoms with Crippen LogP contribution in [0.1, 0.15) is 50.4 Å². The van der Waals surface area contributed by atoms with Gasteiger partial charge in [0, 0.05) is 15.7 Å². The highest BCUT2D eigenvalue weighted by molar-refractivity contribution is 14.1. The molecule has 30 heavy (non-hydrogen) atoms. The predicted octanol–water partition coefficient (Wildman–Crippen LogP) is 2.29. The second kappa shape index (κ2) is 12.4. The molecule has 0 spiro atoms. The van der Waals surface area contributed by atoms with Gasteiger partial charge in [0.1, 0.15) is 11.6 Å². The SMILES string of the molecule is CC(C)(C)OC(=O)NCCCC[C@H](NC(=O)CNC(=O)c1cccc(I)c1)C(=O)O. The number of carbonyl (C=O) groups excluding carboxylic acids is 3. The van der Waals surface area contributed by atoms with Crippen molar-refractivity contribution in [1.29, 1.82) is 0 Å². The van der Waals surface area contributed by atoms with E-state index >= 15 is 0 Å². The Morgan fingerprint density at radius 1 is 1.13 bits per heavy atom. The Balaban J connectivity index is 2.34. The Morgan fingerprint density at radius 3 is 2.43 bits per heavy atom. The zero-order valence-electron chi connectivity index (χ0n) is 17.3.